The molecule has 1 heterocycles. The lowest BCUT2D eigenvalue weighted by Gasteiger charge is -2.10. The molecule has 1 N–H and O–H groups in total. The highest BCUT2D eigenvalue weighted by Gasteiger charge is 2.16. The van der Waals surface area contributed by atoms with Gasteiger partial charge in [0.15, 0.2) is 5.78 Å². The summed E-state index contributed by atoms with van der Waals surface area (Å²) in [6.07, 6.45) is 1.22. The smallest absolute Gasteiger partial charge is 0.291 e. The molecule has 3 aromatic rings. The molecule has 0 bridgehead atoms. The van der Waals surface area contributed by atoms with Gasteiger partial charge in [-0.25, -0.2) is 8.42 Å². The Morgan fingerprint density at radius 1 is 1.11 bits per heavy atom. The predicted octanol–water partition coefficient (Wildman–Crippen LogP) is 3.54. The minimum Gasteiger partial charge on any atom is -0.295 e. The number of nitrogens with one attached hydrogen (secondary N) is 1. The van der Waals surface area contributed by atoms with Gasteiger partial charge in [0.1, 0.15) is 5.02 Å². The molecule has 1 aromatic heterocycles. The maximum absolute atomic E-state index is 12.6. The van der Waals surface area contributed by atoms with Crippen molar-refractivity contribution < 1.29 is 13.2 Å². The maximum Gasteiger partial charge on any atom is 0.291 e. The molecule has 0 saturated heterocycles. The summed E-state index contributed by atoms with van der Waals surface area (Å²) in [7, 11) is -3.90. The third-order valence-corrected chi connectivity index (χ3v) is 5.94. The van der Waals surface area contributed by atoms with E-state index in [1.54, 1.807) is 12.1 Å². The van der Waals surface area contributed by atoms with Crippen molar-refractivity contribution in [2.24, 2.45) is 0 Å². The van der Waals surface area contributed by atoms with Gasteiger partial charge in [-0.3, -0.25) is 14.3 Å². The van der Waals surface area contributed by atoms with E-state index in [0.29, 0.717) is 11.3 Å². The molecular formula is C18H13Cl2N3O4S. The summed E-state index contributed by atoms with van der Waals surface area (Å²) in [5.41, 5.74) is 0.352. The first-order valence-electron chi connectivity index (χ1n) is 7.86. The zero-order valence-electron chi connectivity index (χ0n) is 14.4. The summed E-state index contributed by atoms with van der Waals surface area (Å²) in [5, 5.41) is 3.73. The quantitative estimate of drug-likeness (QED) is 0.615. The van der Waals surface area contributed by atoms with E-state index in [0.717, 1.165) is 4.68 Å². The van der Waals surface area contributed by atoms with Crippen molar-refractivity contribution in [1.82, 2.24) is 9.78 Å². The van der Waals surface area contributed by atoms with Gasteiger partial charge in [0.25, 0.3) is 15.6 Å². The lowest BCUT2D eigenvalue weighted by molar-refractivity contribution is 0.101. The second kappa shape index (κ2) is 7.75. The molecule has 0 fully saturated rings. The number of hydrogen-bond acceptors (Lipinski definition) is 5. The van der Waals surface area contributed by atoms with Gasteiger partial charge < -0.3 is 0 Å². The van der Waals surface area contributed by atoms with Gasteiger partial charge in [0.2, 0.25) is 0 Å². The number of halogens is 2. The minimum atomic E-state index is -3.90. The van der Waals surface area contributed by atoms with Crippen LogP contribution in [0, 0.1) is 0 Å². The summed E-state index contributed by atoms with van der Waals surface area (Å²) >= 11 is 11.6. The first kappa shape index (κ1) is 20.1. The van der Waals surface area contributed by atoms with Crippen LogP contribution in [-0.2, 0) is 10.0 Å². The molecule has 3 rings (SSSR count). The third-order valence-electron chi connectivity index (χ3n) is 3.79. The topological polar surface area (TPSA) is 98.1 Å². The van der Waals surface area contributed by atoms with Crippen molar-refractivity contribution in [1.29, 1.82) is 0 Å². The van der Waals surface area contributed by atoms with Gasteiger partial charge in [-0.2, -0.15) is 9.78 Å². The van der Waals surface area contributed by atoms with Gasteiger partial charge in [0.05, 0.1) is 21.8 Å². The number of ketones is 1. The van der Waals surface area contributed by atoms with E-state index in [4.69, 9.17) is 23.2 Å². The second-order valence-corrected chi connectivity index (χ2v) is 8.23. The van der Waals surface area contributed by atoms with Crippen LogP contribution in [0.5, 0.6) is 0 Å². The summed E-state index contributed by atoms with van der Waals surface area (Å²) in [6.45, 7) is 1.39. The Labute approximate surface area is 170 Å². The second-order valence-electron chi connectivity index (χ2n) is 5.76. The standard InChI is InChI=1S/C18H13Cl2N3O4S/c1-11(24)12-3-2-4-13(9-12)22-28(26,27)15-7-5-14(6-8-15)23-18(25)17(20)16(19)10-21-23/h2-10,22H,1H3. The van der Waals surface area contributed by atoms with E-state index in [9.17, 15) is 18.0 Å². The average Bonchev–Trinajstić information content (AvgIpc) is 2.66. The zero-order valence-corrected chi connectivity index (χ0v) is 16.7. The van der Waals surface area contributed by atoms with Crippen molar-refractivity contribution in [3.8, 4) is 5.69 Å². The molecule has 0 aliphatic heterocycles. The number of benzene rings is 2. The van der Waals surface area contributed by atoms with Crippen LogP contribution in [0.3, 0.4) is 0 Å². The van der Waals surface area contributed by atoms with Crippen LogP contribution in [0.1, 0.15) is 17.3 Å². The molecule has 0 atom stereocenters. The van der Waals surface area contributed by atoms with Crippen molar-refractivity contribution in [3.05, 3.63) is 80.7 Å². The summed E-state index contributed by atoms with van der Waals surface area (Å²) < 4.78 is 28.6. The molecule has 28 heavy (non-hydrogen) atoms. The molecule has 10 heteroatoms. The van der Waals surface area contributed by atoms with E-state index in [2.05, 4.69) is 9.82 Å². The molecule has 0 aliphatic carbocycles. The molecule has 0 unspecified atom stereocenters. The third kappa shape index (κ3) is 4.09. The largest absolute Gasteiger partial charge is 0.295 e. The van der Waals surface area contributed by atoms with Gasteiger partial charge in [-0.05, 0) is 43.3 Å². The van der Waals surface area contributed by atoms with Crippen LogP contribution in [0.2, 0.25) is 10.0 Å². The highest BCUT2D eigenvalue weighted by atomic mass is 35.5. The Morgan fingerprint density at radius 2 is 1.79 bits per heavy atom. The van der Waals surface area contributed by atoms with Crippen LogP contribution in [0.15, 0.2) is 64.4 Å². The first-order valence-corrected chi connectivity index (χ1v) is 10.1. The van der Waals surface area contributed by atoms with Crippen molar-refractivity contribution in [2.75, 3.05) is 4.72 Å². The Morgan fingerprint density at radius 3 is 2.43 bits per heavy atom. The van der Waals surface area contributed by atoms with Crippen molar-refractivity contribution in [2.45, 2.75) is 11.8 Å². The molecule has 0 aliphatic rings. The Hall–Kier alpha value is -2.68. The van der Waals surface area contributed by atoms with Gasteiger partial charge in [-0.15, -0.1) is 0 Å². The zero-order chi connectivity index (χ0) is 20.5. The maximum atomic E-state index is 12.6. The minimum absolute atomic E-state index is 0.0269. The molecular weight excluding hydrogens is 425 g/mol. The van der Waals surface area contributed by atoms with Gasteiger partial charge in [0, 0.05) is 11.3 Å². The van der Waals surface area contributed by atoms with Gasteiger partial charge in [-0.1, -0.05) is 35.3 Å². The molecule has 0 saturated carbocycles. The van der Waals surface area contributed by atoms with Crippen LogP contribution >= 0.6 is 23.2 Å². The monoisotopic (exact) mass is 437 g/mol. The van der Waals surface area contributed by atoms with Crippen LogP contribution in [-0.4, -0.2) is 24.0 Å². The van der Waals surface area contributed by atoms with E-state index >= 15 is 0 Å². The SMILES string of the molecule is CC(=O)c1cccc(NS(=O)(=O)c2ccc(-n3ncc(Cl)c(Cl)c3=O)cc2)c1. The first-order chi connectivity index (χ1) is 13.2. The normalized spacial score (nSPS) is 11.2. The van der Waals surface area contributed by atoms with E-state index in [1.165, 1.54) is 49.5 Å². The molecule has 0 amide bonds. The number of hydrogen-bond donors (Lipinski definition) is 1. The van der Waals surface area contributed by atoms with Crippen molar-refractivity contribution in [3.63, 3.8) is 0 Å². The number of nitrogens with zero attached hydrogens (tertiary/aromatic N) is 2. The Balaban J connectivity index is 1.90. The number of Topliss-reactive ketones (excluding diaryl/α,β-unsaturated/α-hetero) is 1. The Bertz CT molecular complexity index is 1220. The van der Waals surface area contributed by atoms with Crippen LogP contribution in [0.25, 0.3) is 5.69 Å². The van der Waals surface area contributed by atoms with E-state index < -0.39 is 15.6 Å². The number of sulfonamides is 1. The lowest BCUT2D eigenvalue weighted by Crippen LogP contribution is -2.21. The molecule has 2 aromatic carbocycles. The number of carbonyl (C=O) groups excluding carboxylic acids is 1. The molecule has 144 valence electrons. The van der Waals surface area contributed by atoms with Gasteiger partial charge >= 0.3 is 0 Å². The highest BCUT2D eigenvalue weighted by molar-refractivity contribution is 7.92. The predicted molar refractivity (Wildman–Crippen MR) is 107 cm³/mol. The highest BCUT2D eigenvalue weighted by Crippen LogP contribution is 2.20. The average molecular weight is 438 g/mol. The Kier molecular flexibility index (Phi) is 5.55. The van der Waals surface area contributed by atoms with Crippen LogP contribution in [0.4, 0.5) is 5.69 Å². The van der Waals surface area contributed by atoms with Crippen molar-refractivity contribution >= 4 is 44.7 Å². The number of carbonyl (C=O) groups is 1. The molecule has 0 radical (unpaired) electrons. The molecule has 0 spiro atoms. The fourth-order valence-electron chi connectivity index (χ4n) is 2.38. The lowest BCUT2D eigenvalue weighted by atomic mass is 10.1. The molecule has 7 nitrogen and oxygen atoms in total. The fourth-order valence-corrected chi connectivity index (χ4v) is 3.68. The fraction of sp³-hybridized carbons (Fsp3) is 0.0556. The van der Waals surface area contributed by atoms with E-state index in [1.807, 2.05) is 0 Å². The van der Waals surface area contributed by atoms with Crippen LogP contribution < -0.4 is 10.3 Å². The summed E-state index contributed by atoms with van der Waals surface area (Å²) in [6, 6.07) is 11.6. The van der Waals surface area contributed by atoms with E-state index in [-0.39, 0.29) is 26.4 Å². The summed E-state index contributed by atoms with van der Waals surface area (Å²) in [5.74, 6) is -0.176. The number of rotatable bonds is 5. The number of anilines is 1. The number of aromatic nitrogens is 2. The summed E-state index contributed by atoms with van der Waals surface area (Å²) in [4.78, 5) is 23.5.